The molecule has 0 bridgehead atoms. The SMILES string of the molecule is CN(C)CCCOc1ccc(-c2cnc3[nH]cc(NC(=O)c4cnn(Cc5ccccc5)c4)c3c2)cc1. The summed E-state index contributed by atoms with van der Waals surface area (Å²) in [5.74, 6) is 0.625. The molecule has 8 nitrogen and oxygen atoms in total. The van der Waals surface area contributed by atoms with Crippen LogP contribution in [0.4, 0.5) is 5.69 Å². The van der Waals surface area contributed by atoms with Gasteiger partial charge in [-0.15, -0.1) is 0 Å². The van der Waals surface area contributed by atoms with Gasteiger partial charge in [-0.1, -0.05) is 42.5 Å². The first-order valence-electron chi connectivity index (χ1n) is 12.3. The number of hydrogen-bond donors (Lipinski definition) is 2. The molecule has 0 fully saturated rings. The number of rotatable bonds is 10. The lowest BCUT2D eigenvalue weighted by atomic mass is 10.1. The van der Waals surface area contributed by atoms with Crippen molar-refractivity contribution in [3.63, 3.8) is 0 Å². The van der Waals surface area contributed by atoms with E-state index in [9.17, 15) is 4.79 Å². The molecule has 0 saturated carbocycles. The monoisotopic (exact) mass is 494 g/mol. The summed E-state index contributed by atoms with van der Waals surface area (Å²) < 4.78 is 7.60. The van der Waals surface area contributed by atoms with Crippen molar-refractivity contribution in [1.29, 1.82) is 0 Å². The first-order valence-corrected chi connectivity index (χ1v) is 12.3. The lowest BCUT2D eigenvalue weighted by Crippen LogP contribution is -2.15. The number of hydrogen-bond acceptors (Lipinski definition) is 5. The number of amides is 1. The molecular weight excluding hydrogens is 464 g/mol. The van der Waals surface area contributed by atoms with E-state index in [0.29, 0.717) is 30.0 Å². The number of ether oxygens (including phenoxy) is 1. The second-order valence-electron chi connectivity index (χ2n) is 9.22. The van der Waals surface area contributed by atoms with Crippen molar-refractivity contribution < 1.29 is 9.53 Å². The van der Waals surface area contributed by atoms with Crippen molar-refractivity contribution in [1.82, 2.24) is 24.6 Å². The fourth-order valence-electron chi connectivity index (χ4n) is 4.11. The third kappa shape index (κ3) is 6.05. The molecule has 0 aliphatic carbocycles. The molecule has 2 aromatic carbocycles. The fourth-order valence-corrected chi connectivity index (χ4v) is 4.11. The quantitative estimate of drug-likeness (QED) is 0.265. The Morgan fingerprint density at radius 2 is 1.86 bits per heavy atom. The van der Waals surface area contributed by atoms with E-state index in [-0.39, 0.29) is 5.91 Å². The van der Waals surface area contributed by atoms with Crippen LogP contribution in [0.3, 0.4) is 0 Å². The maximum Gasteiger partial charge on any atom is 0.258 e. The van der Waals surface area contributed by atoms with Crippen LogP contribution in [0.15, 0.2) is 85.5 Å². The van der Waals surface area contributed by atoms with Crippen LogP contribution in [0.1, 0.15) is 22.3 Å². The molecule has 8 heteroatoms. The maximum atomic E-state index is 12.9. The van der Waals surface area contributed by atoms with Crippen molar-refractivity contribution in [2.45, 2.75) is 13.0 Å². The molecule has 0 spiro atoms. The van der Waals surface area contributed by atoms with Gasteiger partial charge in [0.1, 0.15) is 11.4 Å². The predicted octanol–water partition coefficient (Wildman–Crippen LogP) is 5.06. The van der Waals surface area contributed by atoms with E-state index in [1.54, 1.807) is 23.3 Å². The molecule has 0 atom stereocenters. The Morgan fingerprint density at radius 1 is 1.05 bits per heavy atom. The summed E-state index contributed by atoms with van der Waals surface area (Å²) in [7, 11) is 4.11. The Labute approximate surface area is 215 Å². The number of anilines is 1. The van der Waals surface area contributed by atoms with E-state index < -0.39 is 0 Å². The van der Waals surface area contributed by atoms with Gasteiger partial charge in [-0.3, -0.25) is 9.48 Å². The summed E-state index contributed by atoms with van der Waals surface area (Å²) in [6.45, 7) is 2.28. The zero-order chi connectivity index (χ0) is 25.6. The van der Waals surface area contributed by atoms with Crippen molar-refractivity contribution in [2.75, 3.05) is 32.6 Å². The largest absolute Gasteiger partial charge is 0.494 e. The van der Waals surface area contributed by atoms with Crippen molar-refractivity contribution in [2.24, 2.45) is 0 Å². The topological polar surface area (TPSA) is 88.1 Å². The second-order valence-corrected chi connectivity index (χ2v) is 9.22. The average Bonchev–Trinajstić information content (AvgIpc) is 3.54. The highest BCUT2D eigenvalue weighted by atomic mass is 16.5. The number of pyridine rings is 1. The highest BCUT2D eigenvalue weighted by Crippen LogP contribution is 2.29. The van der Waals surface area contributed by atoms with Gasteiger partial charge in [-0.25, -0.2) is 4.98 Å². The Balaban J connectivity index is 1.26. The minimum atomic E-state index is -0.221. The molecule has 3 heterocycles. The molecule has 5 aromatic rings. The minimum Gasteiger partial charge on any atom is -0.494 e. The van der Waals surface area contributed by atoms with E-state index in [0.717, 1.165) is 40.8 Å². The fraction of sp³-hybridized carbons (Fsp3) is 0.207. The molecule has 37 heavy (non-hydrogen) atoms. The molecule has 0 aliphatic rings. The molecule has 0 saturated heterocycles. The van der Waals surface area contributed by atoms with Crippen LogP contribution in [-0.2, 0) is 6.54 Å². The number of H-pyrrole nitrogens is 1. The summed E-state index contributed by atoms with van der Waals surface area (Å²) in [6, 6.07) is 20.0. The van der Waals surface area contributed by atoms with Gasteiger partial charge in [-0.05, 0) is 49.8 Å². The van der Waals surface area contributed by atoms with E-state index in [2.05, 4.69) is 39.4 Å². The molecule has 3 aromatic heterocycles. The number of aromatic amines is 1. The molecule has 188 valence electrons. The Kier molecular flexibility index (Phi) is 7.28. The lowest BCUT2D eigenvalue weighted by molar-refractivity contribution is 0.102. The van der Waals surface area contributed by atoms with Crippen molar-refractivity contribution >= 4 is 22.6 Å². The Bertz CT molecular complexity index is 1470. The standard InChI is InChI=1S/C29H30N6O2/c1-34(2)13-6-14-37-25-11-9-22(10-12-25)23-15-26-27(18-31-28(26)30-16-23)33-29(36)24-17-32-35(20-24)19-21-7-4-3-5-8-21/h3-5,7-12,15-18,20H,6,13-14,19H2,1-2H3,(H,30,31)(H,33,36). The Morgan fingerprint density at radius 3 is 2.65 bits per heavy atom. The number of fused-ring (bicyclic) bond motifs is 1. The first kappa shape index (κ1) is 24.3. The molecule has 1 amide bonds. The maximum absolute atomic E-state index is 12.9. The third-order valence-electron chi connectivity index (χ3n) is 6.07. The average molecular weight is 495 g/mol. The molecule has 2 N–H and O–H groups in total. The predicted molar refractivity (Wildman–Crippen MR) is 146 cm³/mol. The normalized spacial score (nSPS) is 11.2. The number of carbonyl (C=O) groups is 1. The molecule has 0 aliphatic heterocycles. The molecular formula is C29H30N6O2. The van der Waals surface area contributed by atoms with Crippen LogP contribution in [0.2, 0.25) is 0 Å². The van der Waals surface area contributed by atoms with E-state index in [4.69, 9.17) is 4.74 Å². The number of aromatic nitrogens is 4. The molecule has 0 radical (unpaired) electrons. The number of benzene rings is 2. The third-order valence-corrected chi connectivity index (χ3v) is 6.07. The van der Waals surface area contributed by atoms with Gasteiger partial charge in [0.15, 0.2) is 0 Å². The van der Waals surface area contributed by atoms with Gasteiger partial charge >= 0.3 is 0 Å². The molecule has 5 rings (SSSR count). The first-order chi connectivity index (χ1) is 18.0. The van der Waals surface area contributed by atoms with Crippen molar-refractivity contribution in [3.8, 4) is 16.9 Å². The summed E-state index contributed by atoms with van der Waals surface area (Å²) in [5.41, 5.74) is 4.98. The number of carbonyl (C=O) groups excluding carboxylic acids is 1. The summed E-state index contributed by atoms with van der Waals surface area (Å²) in [5, 5.41) is 8.17. The zero-order valence-electron chi connectivity index (χ0n) is 21.0. The molecule has 0 unspecified atom stereocenters. The van der Waals surface area contributed by atoms with Gasteiger partial charge in [0.2, 0.25) is 0 Å². The second kappa shape index (κ2) is 11.1. The Hall–Kier alpha value is -4.43. The highest BCUT2D eigenvalue weighted by molar-refractivity contribution is 6.08. The highest BCUT2D eigenvalue weighted by Gasteiger charge is 2.13. The van der Waals surface area contributed by atoms with Gasteiger partial charge < -0.3 is 19.9 Å². The van der Waals surface area contributed by atoms with E-state index in [1.165, 1.54) is 0 Å². The lowest BCUT2D eigenvalue weighted by Gasteiger charge is -2.11. The van der Waals surface area contributed by atoms with Crippen LogP contribution in [-0.4, -0.2) is 57.8 Å². The minimum absolute atomic E-state index is 0.221. The van der Waals surface area contributed by atoms with Gasteiger partial charge in [0.25, 0.3) is 5.91 Å². The van der Waals surface area contributed by atoms with E-state index in [1.807, 2.05) is 66.9 Å². The summed E-state index contributed by atoms with van der Waals surface area (Å²) in [4.78, 5) is 22.8. The summed E-state index contributed by atoms with van der Waals surface area (Å²) in [6.07, 6.45) is 7.90. The summed E-state index contributed by atoms with van der Waals surface area (Å²) >= 11 is 0. The van der Waals surface area contributed by atoms with Gasteiger partial charge in [0.05, 0.1) is 30.6 Å². The van der Waals surface area contributed by atoms with Crippen LogP contribution in [0.25, 0.3) is 22.2 Å². The van der Waals surface area contributed by atoms with Crippen LogP contribution >= 0.6 is 0 Å². The zero-order valence-corrected chi connectivity index (χ0v) is 21.0. The van der Waals surface area contributed by atoms with Crippen LogP contribution in [0.5, 0.6) is 5.75 Å². The van der Waals surface area contributed by atoms with Crippen LogP contribution < -0.4 is 10.1 Å². The van der Waals surface area contributed by atoms with Gasteiger partial charge in [0, 0.05) is 36.1 Å². The smallest absolute Gasteiger partial charge is 0.258 e. The van der Waals surface area contributed by atoms with E-state index >= 15 is 0 Å². The van der Waals surface area contributed by atoms with Crippen molar-refractivity contribution in [3.05, 3.63) is 96.6 Å². The number of nitrogens with one attached hydrogen (secondary N) is 2. The van der Waals surface area contributed by atoms with Gasteiger partial charge in [-0.2, -0.15) is 5.10 Å². The number of nitrogens with zero attached hydrogens (tertiary/aromatic N) is 4. The van der Waals surface area contributed by atoms with Crippen LogP contribution in [0, 0.1) is 0 Å².